The summed E-state index contributed by atoms with van der Waals surface area (Å²) in [6.45, 7) is 14.2. The van der Waals surface area contributed by atoms with E-state index < -0.39 is 0 Å². The Kier molecular flexibility index (Phi) is 24.2. The number of nitrogen functional groups attached to an aromatic ring is 1. The molecular formula is C99H118N4. The van der Waals surface area contributed by atoms with Crippen molar-refractivity contribution in [2.24, 2.45) is 0 Å². The van der Waals surface area contributed by atoms with Crippen molar-refractivity contribution in [3.8, 4) is 33.4 Å². The Morgan fingerprint density at radius 1 is 0.204 bits per heavy atom. The maximum absolute atomic E-state index is 6.99. The highest BCUT2D eigenvalue weighted by molar-refractivity contribution is 5.93. The number of rotatable bonds is 39. The molecule has 0 radical (unpaired) electrons. The van der Waals surface area contributed by atoms with Gasteiger partial charge in [-0.15, -0.1) is 0 Å². The minimum absolute atomic E-state index is 0.156. The molecule has 0 heterocycles. The van der Waals surface area contributed by atoms with Gasteiger partial charge in [-0.05, 0) is 227 Å². The Balaban J connectivity index is 1.05. The van der Waals surface area contributed by atoms with Crippen molar-refractivity contribution in [2.45, 2.75) is 250 Å². The quantitative estimate of drug-likeness (QED) is 0.0308. The fourth-order valence-corrected chi connectivity index (χ4v) is 18.9. The van der Waals surface area contributed by atoms with Crippen LogP contribution < -0.4 is 20.4 Å². The molecule has 0 spiro atoms. The minimum atomic E-state index is -0.203. The summed E-state index contributed by atoms with van der Waals surface area (Å²) in [5.41, 5.74) is 35.5. The highest BCUT2D eigenvalue weighted by Crippen LogP contribution is 2.61. The van der Waals surface area contributed by atoms with Gasteiger partial charge in [0.15, 0.2) is 0 Å². The Labute approximate surface area is 621 Å². The van der Waals surface area contributed by atoms with Gasteiger partial charge in [-0.3, -0.25) is 0 Å². The SMILES string of the molecule is CCCCCCC1(CCCCCC)c2cc(N)ccc2-c2ccc(N(c3ccc4c(c3)C(CCCCCC)(CCCCCC)c3cc(N(c5ccccc5)c5ccccc5)ccc3-4)c3ccc4c(c3)C(CCCCCC)(CCCCCC)c3cc(N(c5ccccc5)c5ccccc5)ccc3-4)cc21. The highest BCUT2D eigenvalue weighted by Gasteiger charge is 2.47. The van der Waals surface area contributed by atoms with E-state index in [0.717, 1.165) is 44.2 Å². The predicted molar refractivity (Wildman–Crippen MR) is 446 cm³/mol. The van der Waals surface area contributed by atoms with Gasteiger partial charge in [0.1, 0.15) is 0 Å². The minimum Gasteiger partial charge on any atom is -0.399 e. The molecule has 4 heteroatoms. The number of fused-ring (bicyclic) bond motifs is 9. The van der Waals surface area contributed by atoms with Crippen LogP contribution in [-0.4, -0.2) is 0 Å². The fourth-order valence-electron chi connectivity index (χ4n) is 18.9. The van der Waals surface area contributed by atoms with Crippen molar-refractivity contribution < 1.29 is 0 Å². The number of benzene rings is 10. The van der Waals surface area contributed by atoms with Crippen LogP contribution in [-0.2, 0) is 16.2 Å². The Morgan fingerprint density at radius 2 is 0.398 bits per heavy atom. The summed E-state index contributed by atoms with van der Waals surface area (Å²) < 4.78 is 0. The maximum atomic E-state index is 6.99. The number of anilines is 10. The van der Waals surface area contributed by atoms with Gasteiger partial charge in [0.2, 0.25) is 0 Å². The van der Waals surface area contributed by atoms with Crippen LogP contribution in [0.3, 0.4) is 0 Å². The lowest BCUT2D eigenvalue weighted by molar-refractivity contribution is 0.401. The standard InChI is InChI=1S/C99H118N4/c1-7-13-19-37-63-97(64-38-20-14-8-2)91-69-75(100)51-57-85(91)86-60-54-82(72-92(86)97)103(83-55-61-89-87-58-52-80(101(76-43-29-25-30-44-76)77-45-31-26-32-46-77)70-93(87)98(95(89)73-83,65-39-21-15-9-3)66-40-22-16-10-4)84-56-62-90-88-59-53-81(102(78-47-33-27-34-48-78)79-49-35-28-36-50-79)71-94(88)99(96(90)74-84,67-41-23-17-11-5)68-42-24-18-12-6/h25-36,43-62,69-74H,7-24,37-42,63-68,100H2,1-6H3. The maximum Gasteiger partial charge on any atom is 0.0465 e. The predicted octanol–water partition coefficient (Wildman–Crippen LogP) is 30.3. The molecule has 0 aromatic heterocycles. The Bertz CT molecular complexity index is 4030. The lowest BCUT2D eigenvalue weighted by Crippen LogP contribution is -2.27. The monoisotopic (exact) mass is 1360 g/mol. The van der Waals surface area contributed by atoms with Crippen molar-refractivity contribution in [2.75, 3.05) is 20.4 Å². The van der Waals surface area contributed by atoms with Crippen molar-refractivity contribution in [1.82, 2.24) is 0 Å². The second kappa shape index (κ2) is 34.3. The van der Waals surface area contributed by atoms with Crippen LogP contribution >= 0.6 is 0 Å². The molecule has 10 aromatic rings. The number of nitrogens with two attached hydrogens (primary N) is 1. The topological polar surface area (TPSA) is 35.7 Å². The Morgan fingerprint density at radius 3 is 0.612 bits per heavy atom. The van der Waals surface area contributed by atoms with Gasteiger partial charge >= 0.3 is 0 Å². The first kappa shape index (κ1) is 72.7. The molecule has 534 valence electrons. The van der Waals surface area contributed by atoms with E-state index >= 15 is 0 Å². The molecule has 4 nitrogen and oxygen atoms in total. The van der Waals surface area contributed by atoms with Crippen LogP contribution in [0.4, 0.5) is 56.9 Å². The van der Waals surface area contributed by atoms with Crippen LogP contribution in [0.25, 0.3) is 33.4 Å². The lowest BCUT2D eigenvalue weighted by Gasteiger charge is -2.36. The third-order valence-electron chi connectivity index (χ3n) is 24.1. The van der Waals surface area contributed by atoms with E-state index in [9.17, 15) is 0 Å². The molecule has 0 amide bonds. The number of hydrogen-bond donors (Lipinski definition) is 1. The second-order valence-corrected chi connectivity index (χ2v) is 30.9. The average molecular weight is 1360 g/mol. The molecule has 103 heavy (non-hydrogen) atoms. The smallest absolute Gasteiger partial charge is 0.0465 e. The molecule has 0 saturated carbocycles. The molecule has 3 aliphatic rings. The average Bonchev–Trinajstić information content (AvgIpc) is 1.57. The number of nitrogens with zero attached hydrogens (tertiary/aromatic N) is 3. The van der Waals surface area contributed by atoms with E-state index in [1.54, 1.807) is 0 Å². The zero-order valence-corrected chi connectivity index (χ0v) is 63.6. The summed E-state index contributed by atoms with van der Waals surface area (Å²) in [5.74, 6) is 0. The van der Waals surface area contributed by atoms with E-state index in [1.807, 2.05) is 0 Å². The summed E-state index contributed by atoms with van der Waals surface area (Å²) in [6.07, 6.45) is 36.1. The molecule has 0 unspecified atom stereocenters. The van der Waals surface area contributed by atoms with Gasteiger partial charge in [0, 0.05) is 73.1 Å². The molecule has 0 atom stereocenters. The molecular weight excluding hydrogens is 1250 g/mol. The van der Waals surface area contributed by atoms with Crippen molar-refractivity contribution >= 4 is 56.9 Å². The van der Waals surface area contributed by atoms with Gasteiger partial charge in [0.25, 0.3) is 0 Å². The largest absolute Gasteiger partial charge is 0.399 e. The first-order chi connectivity index (χ1) is 50.7. The third kappa shape index (κ3) is 15.1. The number of hydrogen-bond acceptors (Lipinski definition) is 4. The normalized spacial score (nSPS) is 13.8. The second-order valence-electron chi connectivity index (χ2n) is 30.9. The van der Waals surface area contributed by atoms with Gasteiger partial charge in [-0.2, -0.15) is 0 Å². The fraction of sp³-hybridized carbons (Fsp3) is 0.394. The molecule has 3 aliphatic carbocycles. The molecule has 13 rings (SSSR count). The van der Waals surface area contributed by atoms with Gasteiger partial charge < -0.3 is 20.4 Å². The lowest BCUT2D eigenvalue weighted by atomic mass is 9.70. The first-order valence-electron chi connectivity index (χ1n) is 41.0. The van der Waals surface area contributed by atoms with Gasteiger partial charge in [0.05, 0.1) is 0 Å². The summed E-state index contributed by atoms with van der Waals surface area (Å²) in [7, 11) is 0. The zero-order chi connectivity index (χ0) is 71.0. The molecule has 0 bridgehead atoms. The summed E-state index contributed by atoms with van der Waals surface area (Å²) in [4.78, 5) is 7.75. The Hall–Kier alpha value is -8.60. The van der Waals surface area contributed by atoms with E-state index in [1.165, 1.54) is 272 Å². The van der Waals surface area contributed by atoms with Gasteiger partial charge in [-0.1, -0.05) is 305 Å². The molecule has 0 fully saturated rings. The molecule has 2 N–H and O–H groups in total. The summed E-state index contributed by atoms with van der Waals surface area (Å²) in [6, 6.07) is 89.8. The number of para-hydroxylation sites is 4. The molecule has 0 saturated heterocycles. The van der Waals surface area contributed by atoms with Crippen LogP contribution in [0.2, 0.25) is 0 Å². The van der Waals surface area contributed by atoms with Crippen LogP contribution in [0.5, 0.6) is 0 Å². The summed E-state index contributed by atoms with van der Waals surface area (Å²) in [5, 5.41) is 0. The van der Waals surface area contributed by atoms with Gasteiger partial charge in [-0.25, -0.2) is 0 Å². The third-order valence-corrected chi connectivity index (χ3v) is 24.1. The van der Waals surface area contributed by atoms with Crippen LogP contribution in [0.15, 0.2) is 231 Å². The number of unbranched alkanes of at least 4 members (excludes halogenated alkanes) is 18. The van der Waals surface area contributed by atoms with E-state index in [0.29, 0.717) is 0 Å². The van der Waals surface area contributed by atoms with E-state index in [2.05, 4.69) is 287 Å². The van der Waals surface area contributed by atoms with E-state index in [-0.39, 0.29) is 16.2 Å². The first-order valence-corrected chi connectivity index (χ1v) is 41.0. The summed E-state index contributed by atoms with van der Waals surface area (Å²) >= 11 is 0. The van der Waals surface area contributed by atoms with Crippen LogP contribution in [0, 0.1) is 0 Å². The van der Waals surface area contributed by atoms with Crippen molar-refractivity contribution in [1.29, 1.82) is 0 Å². The van der Waals surface area contributed by atoms with Crippen molar-refractivity contribution in [3.05, 3.63) is 264 Å². The molecule has 0 aliphatic heterocycles. The molecule has 10 aromatic carbocycles. The highest BCUT2D eigenvalue weighted by atomic mass is 15.2. The van der Waals surface area contributed by atoms with Crippen molar-refractivity contribution in [3.63, 3.8) is 0 Å². The zero-order valence-electron chi connectivity index (χ0n) is 63.6. The van der Waals surface area contributed by atoms with E-state index in [4.69, 9.17) is 5.73 Å². The van der Waals surface area contributed by atoms with Crippen LogP contribution in [0.1, 0.15) is 268 Å².